The van der Waals surface area contributed by atoms with Crippen molar-refractivity contribution >= 4 is 5.78 Å². The smallest absolute Gasteiger partial charge is 0.167 e. The number of aryl methyl sites for hydroxylation is 2. The molecule has 82 valence electrons. The van der Waals surface area contributed by atoms with Crippen LogP contribution in [0.4, 0.5) is 0 Å². The molecule has 2 nitrogen and oxygen atoms in total. The molecule has 0 saturated carbocycles. The minimum atomic E-state index is 0.0632. The molecular formula is C13H19NO. The average Bonchev–Trinajstić information content (AvgIpc) is 2.15. The predicted molar refractivity (Wildman–Crippen MR) is 62.0 cm³/mol. The van der Waals surface area contributed by atoms with Crippen LogP contribution < -0.4 is 0 Å². The highest BCUT2D eigenvalue weighted by Crippen LogP contribution is 2.18. The lowest BCUT2D eigenvalue weighted by Crippen LogP contribution is -2.18. The van der Waals surface area contributed by atoms with Crippen LogP contribution in [-0.4, -0.2) is 10.8 Å². The van der Waals surface area contributed by atoms with Crippen LogP contribution in [0.2, 0.25) is 0 Å². The maximum atomic E-state index is 12.1. The largest absolute Gasteiger partial charge is 0.294 e. The molecule has 0 aliphatic heterocycles. The van der Waals surface area contributed by atoms with Gasteiger partial charge >= 0.3 is 0 Å². The number of rotatable bonds is 3. The Morgan fingerprint density at radius 1 is 1.20 bits per heavy atom. The van der Waals surface area contributed by atoms with Gasteiger partial charge in [-0.05, 0) is 31.9 Å². The van der Waals surface area contributed by atoms with E-state index in [1.807, 2.05) is 32.9 Å². The molecule has 2 heteroatoms. The Morgan fingerprint density at radius 2 is 1.80 bits per heavy atom. The van der Waals surface area contributed by atoms with Crippen LogP contribution in [0.3, 0.4) is 0 Å². The molecule has 0 saturated heterocycles. The molecule has 0 amide bonds. The van der Waals surface area contributed by atoms with Crippen molar-refractivity contribution in [2.45, 2.75) is 34.6 Å². The standard InChI is InChI=1S/C13H19NO/c1-8(2)10(4)13(15)12-7-6-9(3)14-11(12)5/h6-8,10H,1-5H3. The average molecular weight is 205 g/mol. The lowest BCUT2D eigenvalue weighted by molar-refractivity contribution is 0.0898. The van der Waals surface area contributed by atoms with Crippen molar-refractivity contribution in [1.82, 2.24) is 4.98 Å². The summed E-state index contributed by atoms with van der Waals surface area (Å²) in [7, 11) is 0. The van der Waals surface area contributed by atoms with Gasteiger partial charge in [0.05, 0.1) is 0 Å². The Hall–Kier alpha value is -1.18. The third-order valence-corrected chi connectivity index (χ3v) is 2.90. The molecule has 0 bridgehead atoms. The second-order valence-corrected chi connectivity index (χ2v) is 4.48. The first-order valence-corrected chi connectivity index (χ1v) is 5.42. The number of nitrogens with zero attached hydrogens (tertiary/aromatic N) is 1. The zero-order valence-electron chi connectivity index (χ0n) is 10.2. The molecule has 1 rings (SSSR count). The molecule has 1 aromatic heterocycles. The Labute approximate surface area is 91.7 Å². The maximum absolute atomic E-state index is 12.1. The van der Waals surface area contributed by atoms with Gasteiger partial charge in [0.2, 0.25) is 0 Å². The van der Waals surface area contributed by atoms with Gasteiger partial charge in [0, 0.05) is 22.9 Å². The molecule has 0 spiro atoms. The highest BCUT2D eigenvalue weighted by molar-refractivity contribution is 5.98. The fraction of sp³-hybridized carbons (Fsp3) is 0.538. The van der Waals surface area contributed by atoms with Crippen LogP contribution in [0, 0.1) is 25.7 Å². The molecule has 15 heavy (non-hydrogen) atoms. The van der Waals surface area contributed by atoms with Gasteiger partial charge in [0.25, 0.3) is 0 Å². The van der Waals surface area contributed by atoms with E-state index in [-0.39, 0.29) is 11.7 Å². The predicted octanol–water partition coefficient (Wildman–Crippen LogP) is 3.17. The summed E-state index contributed by atoms with van der Waals surface area (Å²) in [5.74, 6) is 0.640. The number of carbonyl (C=O) groups is 1. The van der Waals surface area contributed by atoms with Crippen molar-refractivity contribution in [2.75, 3.05) is 0 Å². The molecule has 1 atom stereocenters. The number of pyridine rings is 1. The number of aromatic nitrogens is 1. The summed E-state index contributed by atoms with van der Waals surface area (Å²) in [6.45, 7) is 9.95. The first kappa shape index (κ1) is 11.9. The minimum absolute atomic E-state index is 0.0632. The van der Waals surface area contributed by atoms with Crippen LogP contribution >= 0.6 is 0 Å². The van der Waals surface area contributed by atoms with Crippen molar-refractivity contribution in [2.24, 2.45) is 11.8 Å². The maximum Gasteiger partial charge on any atom is 0.167 e. The monoisotopic (exact) mass is 205 g/mol. The number of carbonyl (C=O) groups excluding carboxylic acids is 1. The van der Waals surface area contributed by atoms with E-state index in [9.17, 15) is 4.79 Å². The summed E-state index contributed by atoms with van der Waals surface area (Å²) in [5, 5.41) is 0. The summed E-state index contributed by atoms with van der Waals surface area (Å²) in [4.78, 5) is 16.4. The lowest BCUT2D eigenvalue weighted by Gasteiger charge is -2.15. The second kappa shape index (κ2) is 4.56. The molecule has 0 radical (unpaired) electrons. The topological polar surface area (TPSA) is 30.0 Å². The van der Waals surface area contributed by atoms with Gasteiger partial charge in [-0.1, -0.05) is 20.8 Å². The molecule has 0 N–H and O–H groups in total. The van der Waals surface area contributed by atoms with Gasteiger partial charge in [0.15, 0.2) is 5.78 Å². The molecule has 0 fully saturated rings. The summed E-state index contributed by atoms with van der Waals surface area (Å²) < 4.78 is 0. The number of hydrogen-bond donors (Lipinski definition) is 0. The quantitative estimate of drug-likeness (QED) is 0.709. The van der Waals surface area contributed by atoms with Crippen LogP contribution in [0.15, 0.2) is 12.1 Å². The first-order chi connectivity index (χ1) is 6.93. The van der Waals surface area contributed by atoms with E-state index in [1.54, 1.807) is 0 Å². The molecule has 1 unspecified atom stereocenters. The van der Waals surface area contributed by atoms with Crippen molar-refractivity contribution in [3.63, 3.8) is 0 Å². The van der Waals surface area contributed by atoms with E-state index in [0.717, 1.165) is 17.0 Å². The Bertz CT molecular complexity index is 369. The highest BCUT2D eigenvalue weighted by atomic mass is 16.1. The zero-order chi connectivity index (χ0) is 11.6. The van der Waals surface area contributed by atoms with Crippen molar-refractivity contribution < 1.29 is 4.79 Å². The Balaban J connectivity index is 3.01. The van der Waals surface area contributed by atoms with Crippen molar-refractivity contribution in [3.05, 3.63) is 29.1 Å². The number of ketones is 1. The summed E-state index contributed by atoms with van der Waals surface area (Å²) in [6.07, 6.45) is 0. The number of hydrogen-bond acceptors (Lipinski definition) is 2. The first-order valence-electron chi connectivity index (χ1n) is 5.42. The van der Waals surface area contributed by atoms with Gasteiger partial charge in [-0.3, -0.25) is 9.78 Å². The highest BCUT2D eigenvalue weighted by Gasteiger charge is 2.20. The summed E-state index contributed by atoms with van der Waals surface area (Å²) in [6, 6.07) is 3.78. The fourth-order valence-electron chi connectivity index (χ4n) is 1.50. The van der Waals surface area contributed by atoms with E-state index < -0.39 is 0 Å². The van der Waals surface area contributed by atoms with Gasteiger partial charge in [-0.25, -0.2) is 0 Å². The summed E-state index contributed by atoms with van der Waals surface area (Å²) >= 11 is 0. The van der Waals surface area contributed by atoms with E-state index >= 15 is 0 Å². The van der Waals surface area contributed by atoms with E-state index in [4.69, 9.17) is 0 Å². The minimum Gasteiger partial charge on any atom is -0.294 e. The third-order valence-electron chi connectivity index (χ3n) is 2.90. The van der Waals surface area contributed by atoms with E-state index in [0.29, 0.717) is 5.92 Å². The molecule has 0 aromatic carbocycles. The van der Waals surface area contributed by atoms with Crippen LogP contribution in [-0.2, 0) is 0 Å². The van der Waals surface area contributed by atoms with Gasteiger partial charge in [-0.15, -0.1) is 0 Å². The fourth-order valence-corrected chi connectivity index (χ4v) is 1.50. The van der Waals surface area contributed by atoms with Crippen LogP contribution in [0.25, 0.3) is 0 Å². The van der Waals surface area contributed by atoms with Gasteiger partial charge in [0.1, 0.15) is 0 Å². The van der Waals surface area contributed by atoms with E-state index in [1.165, 1.54) is 0 Å². The SMILES string of the molecule is Cc1ccc(C(=O)C(C)C(C)C)c(C)n1. The molecule has 1 aromatic rings. The van der Waals surface area contributed by atoms with Gasteiger partial charge < -0.3 is 0 Å². The van der Waals surface area contributed by atoms with Crippen molar-refractivity contribution in [3.8, 4) is 0 Å². The van der Waals surface area contributed by atoms with Crippen LogP contribution in [0.5, 0.6) is 0 Å². The molecular weight excluding hydrogens is 186 g/mol. The molecule has 1 heterocycles. The van der Waals surface area contributed by atoms with Crippen molar-refractivity contribution in [1.29, 1.82) is 0 Å². The summed E-state index contributed by atoms with van der Waals surface area (Å²) in [5.41, 5.74) is 2.57. The Kier molecular flexibility index (Phi) is 3.61. The molecule has 0 aliphatic carbocycles. The lowest BCUT2D eigenvalue weighted by atomic mass is 9.89. The zero-order valence-corrected chi connectivity index (χ0v) is 10.2. The normalized spacial score (nSPS) is 12.9. The second-order valence-electron chi connectivity index (χ2n) is 4.48. The van der Waals surface area contributed by atoms with E-state index in [2.05, 4.69) is 18.8 Å². The number of Topliss-reactive ketones (excluding diaryl/α,β-unsaturated/α-hetero) is 1. The van der Waals surface area contributed by atoms with Gasteiger partial charge in [-0.2, -0.15) is 0 Å². The third kappa shape index (κ3) is 2.65. The Morgan fingerprint density at radius 3 is 2.27 bits per heavy atom. The van der Waals surface area contributed by atoms with Crippen LogP contribution in [0.1, 0.15) is 42.5 Å². The molecule has 0 aliphatic rings.